The van der Waals surface area contributed by atoms with Gasteiger partial charge in [-0.2, -0.15) is 0 Å². The van der Waals surface area contributed by atoms with Gasteiger partial charge in [0.15, 0.2) is 0 Å². The SMILES string of the molecule is CCOc1ccccc1N1CCN(C(=O)/C=C/c2csc(C)n2)CC1. The maximum Gasteiger partial charge on any atom is 0.246 e. The van der Waals surface area contributed by atoms with Crippen LogP contribution in [0.1, 0.15) is 17.6 Å². The molecule has 1 aliphatic heterocycles. The molecule has 5 nitrogen and oxygen atoms in total. The van der Waals surface area contributed by atoms with E-state index in [0.29, 0.717) is 19.7 Å². The molecule has 1 aliphatic rings. The van der Waals surface area contributed by atoms with E-state index in [1.807, 2.05) is 42.3 Å². The Morgan fingerprint density at radius 3 is 2.72 bits per heavy atom. The number of aromatic nitrogens is 1. The van der Waals surface area contributed by atoms with Crippen LogP contribution in [0.2, 0.25) is 0 Å². The molecule has 3 rings (SSSR count). The number of carbonyl (C=O) groups is 1. The molecule has 1 aromatic carbocycles. The largest absolute Gasteiger partial charge is 0.492 e. The van der Waals surface area contributed by atoms with Crippen LogP contribution in [0.3, 0.4) is 0 Å². The number of piperazine rings is 1. The van der Waals surface area contributed by atoms with Crippen LogP contribution in [0.4, 0.5) is 5.69 Å². The second-order valence-electron chi connectivity index (χ2n) is 5.84. The summed E-state index contributed by atoms with van der Waals surface area (Å²) in [6, 6.07) is 8.08. The lowest BCUT2D eigenvalue weighted by Gasteiger charge is -2.36. The van der Waals surface area contributed by atoms with Crippen molar-refractivity contribution in [2.75, 3.05) is 37.7 Å². The number of ether oxygens (including phenoxy) is 1. The molecule has 0 bridgehead atoms. The van der Waals surface area contributed by atoms with Gasteiger partial charge in [-0.1, -0.05) is 12.1 Å². The predicted octanol–water partition coefficient (Wildman–Crippen LogP) is 3.21. The molecule has 1 saturated heterocycles. The van der Waals surface area contributed by atoms with Crippen LogP contribution in [0.5, 0.6) is 5.75 Å². The minimum Gasteiger partial charge on any atom is -0.492 e. The molecule has 0 atom stereocenters. The van der Waals surface area contributed by atoms with Gasteiger partial charge in [0, 0.05) is 37.6 Å². The van der Waals surface area contributed by atoms with Crippen molar-refractivity contribution in [1.29, 1.82) is 0 Å². The third kappa shape index (κ3) is 4.39. The van der Waals surface area contributed by atoms with Gasteiger partial charge >= 0.3 is 0 Å². The summed E-state index contributed by atoms with van der Waals surface area (Å²) in [5, 5.41) is 2.97. The highest BCUT2D eigenvalue weighted by molar-refractivity contribution is 7.09. The normalized spacial score (nSPS) is 15.0. The molecule has 25 heavy (non-hydrogen) atoms. The summed E-state index contributed by atoms with van der Waals surface area (Å²) in [5.74, 6) is 0.951. The van der Waals surface area contributed by atoms with Crippen molar-refractivity contribution in [2.24, 2.45) is 0 Å². The maximum atomic E-state index is 12.4. The first-order valence-electron chi connectivity index (χ1n) is 8.53. The number of aryl methyl sites for hydroxylation is 1. The molecule has 6 heteroatoms. The molecule has 0 saturated carbocycles. The second kappa shape index (κ2) is 8.16. The van der Waals surface area contributed by atoms with E-state index in [2.05, 4.69) is 16.0 Å². The molecule has 2 heterocycles. The van der Waals surface area contributed by atoms with Crippen LogP contribution in [0.15, 0.2) is 35.7 Å². The van der Waals surface area contributed by atoms with Gasteiger partial charge in [-0.25, -0.2) is 4.98 Å². The topological polar surface area (TPSA) is 45.7 Å². The van der Waals surface area contributed by atoms with Crippen LogP contribution in [0.25, 0.3) is 6.08 Å². The first kappa shape index (κ1) is 17.5. The van der Waals surface area contributed by atoms with Crippen molar-refractivity contribution in [3.05, 3.63) is 46.4 Å². The lowest BCUT2D eigenvalue weighted by molar-refractivity contribution is -0.126. The highest BCUT2D eigenvalue weighted by Crippen LogP contribution is 2.28. The summed E-state index contributed by atoms with van der Waals surface area (Å²) in [6.45, 7) is 7.63. The Balaban J connectivity index is 1.58. The van der Waals surface area contributed by atoms with Crippen molar-refractivity contribution in [2.45, 2.75) is 13.8 Å². The van der Waals surface area contributed by atoms with E-state index in [4.69, 9.17) is 4.74 Å². The minimum absolute atomic E-state index is 0.0448. The van der Waals surface area contributed by atoms with E-state index in [-0.39, 0.29) is 5.91 Å². The van der Waals surface area contributed by atoms with E-state index < -0.39 is 0 Å². The smallest absolute Gasteiger partial charge is 0.246 e. The fraction of sp³-hybridized carbons (Fsp3) is 0.368. The molecule has 1 amide bonds. The molecule has 1 fully saturated rings. The molecular weight excluding hydrogens is 334 g/mol. The molecule has 2 aromatic rings. The van der Waals surface area contributed by atoms with Crippen LogP contribution in [-0.4, -0.2) is 48.6 Å². The lowest BCUT2D eigenvalue weighted by Crippen LogP contribution is -2.48. The Morgan fingerprint density at radius 1 is 1.28 bits per heavy atom. The minimum atomic E-state index is 0.0448. The van der Waals surface area contributed by atoms with E-state index in [1.54, 1.807) is 23.5 Å². The van der Waals surface area contributed by atoms with Crippen LogP contribution >= 0.6 is 11.3 Å². The van der Waals surface area contributed by atoms with E-state index in [9.17, 15) is 4.79 Å². The number of hydrogen-bond acceptors (Lipinski definition) is 5. The number of nitrogens with zero attached hydrogens (tertiary/aromatic N) is 3. The van der Waals surface area contributed by atoms with E-state index >= 15 is 0 Å². The Morgan fingerprint density at radius 2 is 2.04 bits per heavy atom. The molecule has 0 aliphatic carbocycles. The maximum absolute atomic E-state index is 12.4. The second-order valence-corrected chi connectivity index (χ2v) is 6.90. The van der Waals surface area contributed by atoms with Gasteiger partial charge in [-0.05, 0) is 32.1 Å². The van der Waals surface area contributed by atoms with Crippen molar-refractivity contribution in [3.8, 4) is 5.75 Å². The summed E-state index contributed by atoms with van der Waals surface area (Å²) in [4.78, 5) is 20.9. The number of amides is 1. The number of rotatable bonds is 5. The summed E-state index contributed by atoms with van der Waals surface area (Å²) in [7, 11) is 0. The molecule has 1 aromatic heterocycles. The number of hydrogen-bond donors (Lipinski definition) is 0. The quantitative estimate of drug-likeness (QED) is 0.771. The average molecular weight is 357 g/mol. The Bertz CT molecular complexity index is 749. The first-order chi connectivity index (χ1) is 12.2. The van der Waals surface area contributed by atoms with Gasteiger partial charge in [-0.15, -0.1) is 11.3 Å². The standard InChI is InChI=1S/C19H23N3O2S/c1-3-24-18-7-5-4-6-17(18)21-10-12-22(13-11-21)19(23)9-8-16-14-25-15(2)20-16/h4-9,14H,3,10-13H2,1-2H3/b9-8+. The Labute approximate surface area is 152 Å². The van der Waals surface area contributed by atoms with Gasteiger partial charge in [0.05, 0.1) is 23.0 Å². The van der Waals surface area contributed by atoms with Crippen molar-refractivity contribution < 1.29 is 9.53 Å². The first-order valence-corrected chi connectivity index (χ1v) is 9.41. The lowest BCUT2D eigenvalue weighted by atomic mass is 10.2. The fourth-order valence-electron chi connectivity index (χ4n) is 2.88. The van der Waals surface area contributed by atoms with Crippen molar-refractivity contribution in [1.82, 2.24) is 9.88 Å². The van der Waals surface area contributed by atoms with Gasteiger partial charge in [0.2, 0.25) is 5.91 Å². The molecule has 0 radical (unpaired) electrons. The number of thiazole rings is 1. The van der Waals surface area contributed by atoms with Crippen LogP contribution in [-0.2, 0) is 4.79 Å². The van der Waals surface area contributed by atoms with Gasteiger partial charge < -0.3 is 14.5 Å². The third-order valence-corrected chi connectivity index (χ3v) is 4.92. The monoisotopic (exact) mass is 357 g/mol. The summed E-state index contributed by atoms with van der Waals surface area (Å²) in [6.07, 6.45) is 3.42. The van der Waals surface area contributed by atoms with Crippen LogP contribution < -0.4 is 9.64 Å². The molecule has 0 N–H and O–H groups in total. The summed E-state index contributed by atoms with van der Waals surface area (Å²) >= 11 is 1.59. The molecule has 132 valence electrons. The van der Waals surface area contributed by atoms with E-state index in [0.717, 1.165) is 35.2 Å². The zero-order valence-corrected chi connectivity index (χ0v) is 15.5. The third-order valence-electron chi connectivity index (χ3n) is 4.13. The fourth-order valence-corrected chi connectivity index (χ4v) is 3.46. The zero-order valence-electron chi connectivity index (χ0n) is 14.6. The van der Waals surface area contributed by atoms with Crippen LogP contribution in [0, 0.1) is 6.92 Å². The Hall–Kier alpha value is -2.34. The molecule has 0 unspecified atom stereocenters. The highest BCUT2D eigenvalue weighted by Gasteiger charge is 2.21. The van der Waals surface area contributed by atoms with Gasteiger partial charge in [0.25, 0.3) is 0 Å². The van der Waals surface area contributed by atoms with Crippen molar-refractivity contribution in [3.63, 3.8) is 0 Å². The van der Waals surface area contributed by atoms with E-state index in [1.165, 1.54) is 0 Å². The number of carbonyl (C=O) groups excluding carboxylic acids is 1. The van der Waals surface area contributed by atoms with Gasteiger partial charge in [-0.3, -0.25) is 4.79 Å². The molecular formula is C19H23N3O2S. The summed E-state index contributed by atoms with van der Waals surface area (Å²) < 4.78 is 5.71. The highest BCUT2D eigenvalue weighted by atomic mass is 32.1. The molecule has 0 spiro atoms. The number of para-hydroxylation sites is 2. The summed E-state index contributed by atoms with van der Waals surface area (Å²) in [5.41, 5.74) is 1.95. The number of anilines is 1. The Kier molecular flexibility index (Phi) is 5.71. The average Bonchev–Trinajstić information content (AvgIpc) is 3.06. The predicted molar refractivity (Wildman–Crippen MR) is 102 cm³/mol. The van der Waals surface area contributed by atoms with Gasteiger partial charge in [0.1, 0.15) is 5.75 Å². The number of benzene rings is 1. The van der Waals surface area contributed by atoms with Crippen molar-refractivity contribution >= 4 is 29.0 Å². The zero-order chi connectivity index (χ0) is 17.6.